The number of aromatic nitrogens is 1. The zero-order valence-electron chi connectivity index (χ0n) is 12.5. The minimum Gasteiger partial charge on any atom is -0.444 e. The number of rotatable bonds is 5. The van der Waals surface area contributed by atoms with E-state index in [0.717, 1.165) is 0 Å². The number of carbonyl (C=O) groups is 1. The van der Waals surface area contributed by atoms with E-state index in [9.17, 15) is 25.1 Å². The van der Waals surface area contributed by atoms with Gasteiger partial charge in [-0.1, -0.05) is 0 Å². The Labute approximate surface area is 127 Å². The molecule has 0 fully saturated rings. The molecular formula is C13H19N3O6. The normalized spacial score (nSPS) is 14.0. The van der Waals surface area contributed by atoms with Crippen LogP contribution in [0.5, 0.6) is 0 Å². The van der Waals surface area contributed by atoms with Crippen molar-refractivity contribution < 1.29 is 24.7 Å². The summed E-state index contributed by atoms with van der Waals surface area (Å²) in [6.45, 7) is 4.68. The number of amides is 1. The molecule has 3 N–H and O–H groups in total. The molecule has 1 aromatic heterocycles. The Morgan fingerprint density at radius 1 is 1.50 bits per heavy atom. The molecule has 0 aliphatic rings. The van der Waals surface area contributed by atoms with Gasteiger partial charge in [-0.2, -0.15) is 0 Å². The fourth-order valence-corrected chi connectivity index (χ4v) is 1.59. The zero-order valence-corrected chi connectivity index (χ0v) is 12.5. The van der Waals surface area contributed by atoms with Crippen molar-refractivity contribution in [1.82, 2.24) is 10.3 Å². The number of pyridine rings is 1. The third-order valence-electron chi connectivity index (χ3n) is 2.51. The maximum atomic E-state index is 11.4. The van der Waals surface area contributed by atoms with Crippen LogP contribution in [0.4, 0.5) is 10.5 Å². The van der Waals surface area contributed by atoms with Crippen LogP contribution in [0.1, 0.15) is 32.6 Å². The second kappa shape index (κ2) is 7.14. The first-order valence-corrected chi connectivity index (χ1v) is 6.54. The molecule has 1 amide bonds. The average Bonchev–Trinajstić information content (AvgIpc) is 2.42. The molecule has 0 radical (unpaired) electrons. The molecule has 0 saturated carbocycles. The Hall–Kier alpha value is -2.26. The molecule has 1 rings (SSSR count). The first kappa shape index (κ1) is 17.8. The smallest absolute Gasteiger partial charge is 0.407 e. The van der Waals surface area contributed by atoms with Gasteiger partial charge in [0.05, 0.1) is 4.92 Å². The van der Waals surface area contributed by atoms with E-state index in [-0.39, 0.29) is 12.2 Å². The van der Waals surface area contributed by atoms with Crippen LogP contribution in [0.15, 0.2) is 18.3 Å². The van der Waals surface area contributed by atoms with E-state index < -0.39 is 34.5 Å². The number of nitrogens with one attached hydrogen (secondary N) is 1. The maximum Gasteiger partial charge on any atom is 0.407 e. The standard InChI is InChI=1S/C13H19N3O6/c1-13(2,3)22-12(19)15-7-9(17)11(18)10-8(16(20)21)5-4-6-14-10/h4-6,9,11,17-18H,7H2,1-3H3,(H,15,19). The summed E-state index contributed by atoms with van der Waals surface area (Å²) < 4.78 is 4.97. The Kier molecular flexibility index (Phi) is 5.77. The third kappa shape index (κ3) is 5.26. The lowest BCUT2D eigenvalue weighted by Gasteiger charge is -2.21. The van der Waals surface area contributed by atoms with E-state index in [1.165, 1.54) is 18.3 Å². The van der Waals surface area contributed by atoms with Crippen LogP contribution in [0.25, 0.3) is 0 Å². The molecular weight excluding hydrogens is 294 g/mol. The van der Waals surface area contributed by atoms with Crippen molar-refractivity contribution in [1.29, 1.82) is 0 Å². The second-order valence-electron chi connectivity index (χ2n) is 5.56. The summed E-state index contributed by atoms with van der Waals surface area (Å²) in [5, 5.41) is 32.9. The monoisotopic (exact) mass is 313 g/mol. The molecule has 0 aromatic carbocycles. The van der Waals surface area contributed by atoms with Gasteiger partial charge in [-0.05, 0) is 26.8 Å². The Morgan fingerprint density at radius 2 is 2.14 bits per heavy atom. The van der Waals surface area contributed by atoms with Crippen molar-refractivity contribution in [2.45, 2.75) is 38.6 Å². The SMILES string of the molecule is CC(C)(C)OC(=O)NCC(O)C(O)c1ncccc1[N+](=O)[O-]. The van der Waals surface area contributed by atoms with Crippen LogP contribution in [0.3, 0.4) is 0 Å². The summed E-state index contributed by atoms with van der Waals surface area (Å²) in [4.78, 5) is 25.3. The molecule has 9 heteroatoms. The van der Waals surface area contributed by atoms with E-state index in [2.05, 4.69) is 10.3 Å². The number of hydrogen-bond donors (Lipinski definition) is 3. The van der Waals surface area contributed by atoms with E-state index >= 15 is 0 Å². The summed E-state index contributed by atoms with van der Waals surface area (Å²) in [7, 11) is 0. The van der Waals surface area contributed by atoms with Crippen molar-refractivity contribution in [2.24, 2.45) is 0 Å². The highest BCUT2D eigenvalue weighted by Crippen LogP contribution is 2.24. The van der Waals surface area contributed by atoms with Crippen molar-refractivity contribution in [3.8, 4) is 0 Å². The summed E-state index contributed by atoms with van der Waals surface area (Å²) in [5.41, 5.74) is -1.38. The highest BCUT2D eigenvalue weighted by atomic mass is 16.6. The Bertz CT molecular complexity index is 543. The number of aliphatic hydroxyl groups excluding tert-OH is 2. The van der Waals surface area contributed by atoms with Gasteiger partial charge in [0.1, 0.15) is 23.5 Å². The zero-order chi connectivity index (χ0) is 16.9. The Balaban J connectivity index is 2.68. The van der Waals surface area contributed by atoms with E-state index in [0.29, 0.717) is 0 Å². The highest BCUT2D eigenvalue weighted by Gasteiger charge is 2.28. The van der Waals surface area contributed by atoms with Gasteiger partial charge >= 0.3 is 6.09 Å². The lowest BCUT2D eigenvalue weighted by atomic mass is 10.1. The Morgan fingerprint density at radius 3 is 2.68 bits per heavy atom. The number of ether oxygens (including phenoxy) is 1. The number of carbonyl (C=O) groups excluding carboxylic acids is 1. The quantitative estimate of drug-likeness (QED) is 0.543. The van der Waals surface area contributed by atoms with E-state index in [1.807, 2.05) is 0 Å². The van der Waals surface area contributed by atoms with Crippen LogP contribution >= 0.6 is 0 Å². The van der Waals surface area contributed by atoms with Crippen molar-refractivity contribution >= 4 is 11.8 Å². The number of hydrogen-bond acceptors (Lipinski definition) is 7. The molecule has 0 spiro atoms. The fraction of sp³-hybridized carbons (Fsp3) is 0.538. The van der Waals surface area contributed by atoms with Crippen LogP contribution in [-0.2, 0) is 4.74 Å². The largest absolute Gasteiger partial charge is 0.444 e. The molecule has 1 heterocycles. The van der Waals surface area contributed by atoms with Crippen LogP contribution in [-0.4, -0.2) is 44.5 Å². The molecule has 0 aliphatic carbocycles. The van der Waals surface area contributed by atoms with Gasteiger partial charge in [0.2, 0.25) is 0 Å². The van der Waals surface area contributed by atoms with Gasteiger partial charge in [-0.25, -0.2) is 4.79 Å². The van der Waals surface area contributed by atoms with Crippen LogP contribution < -0.4 is 5.32 Å². The van der Waals surface area contributed by atoms with Crippen LogP contribution in [0, 0.1) is 10.1 Å². The highest BCUT2D eigenvalue weighted by molar-refractivity contribution is 5.67. The first-order valence-electron chi connectivity index (χ1n) is 6.54. The van der Waals surface area contributed by atoms with Gasteiger partial charge in [0.25, 0.3) is 5.69 Å². The van der Waals surface area contributed by atoms with Gasteiger partial charge in [0.15, 0.2) is 0 Å². The van der Waals surface area contributed by atoms with Crippen molar-refractivity contribution in [3.63, 3.8) is 0 Å². The van der Waals surface area contributed by atoms with Gasteiger partial charge in [-0.15, -0.1) is 0 Å². The summed E-state index contributed by atoms with van der Waals surface area (Å²) >= 11 is 0. The summed E-state index contributed by atoms with van der Waals surface area (Å²) in [6.07, 6.45) is -2.59. The van der Waals surface area contributed by atoms with Gasteiger partial charge in [-0.3, -0.25) is 15.1 Å². The number of nitro groups is 1. The lowest BCUT2D eigenvalue weighted by molar-refractivity contribution is -0.386. The maximum absolute atomic E-state index is 11.4. The van der Waals surface area contributed by atoms with E-state index in [1.54, 1.807) is 20.8 Å². The number of alkyl carbamates (subject to hydrolysis) is 1. The predicted molar refractivity (Wildman–Crippen MR) is 76.1 cm³/mol. The number of aliphatic hydroxyl groups is 2. The second-order valence-corrected chi connectivity index (χ2v) is 5.56. The molecule has 122 valence electrons. The number of nitrogens with zero attached hydrogens (tertiary/aromatic N) is 2. The van der Waals surface area contributed by atoms with Gasteiger partial charge in [0, 0.05) is 18.8 Å². The first-order chi connectivity index (χ1) is 10.1. The minimum atomic E-state index is -1.61. The van der Waals surface area contributed by atoms with Crippen molar-refractivity contribution in [3.05, 3.63) is 34.1 Å². The summed E-state index contributed by atoms with van der Waals surface area (Å²) in [6, 6.07) is 2.51. The molecule has 0 aliphatic heterocycles. The molecule has 22 heavy (non-hydrogen) atoms. The topological polar surface area (TPSA) is 135 Å². The molecule has 0 saturated heterocycles. The average molecular weight is 313 g/mol. The van der Waals surface area contributed by atoms with Gasteiger partial charge < -0.3 is 20.3 Å². The molecule has 9 nitrogen and oxygen atoms in total. The lowest BCUT2D eigenvalue weighted by Crippen LogP contribution is -2.39. The minimum absolute atomic E-state index is 0.272. The van der Waals surface area contributed by atoms with Crippen molar-refractivity contribution in [2.75, 3.05) is 6.54 Å². The third-order valence-corrected chi connectivity index (χ3v) is 2.51. The summed E-state index contributed by atoms with van der Waals surface area (Å²) in [5.74, 6) is 0. The molecule has 0 bridgehead atoms. The molecule has 1 aromatic rings. The fourth-order valence-electron chi connectivity index (χ4n) is 1.59. The molecule has 2 unspecified atom stereocenters. The van der Waals surface area contributed by atoms with E-state index in [4.69, 9.17) is 4.74 Å². The molecule has 2 atom stereocenters. The predicted octanol–water partition coefficient (Wildman–Crippen LogP) is 0.909. The van der Waals surface area contributed by atoms with Crippen LogP contribution in [0.2, 0.25) is 0 Å².